The SMILES string of the molecule is CCCS(=O)(=O)N1CCN(C(=O)c2ccc(OC)c(C)c2OC)CC1. The second-order valence-corrected chi connectivity index (χ2v) is 8.07. The molecule has 0 spiro atoms. The Kier molecular flexibility index (Phi) is 6.29. The summed E-state index contributed by atoms with van der Waals surface area (Å²) < 4.78 is 36.4. The monoisotopic (exact) mass is 370 g/mol. The van der Waals surface area contributed by atoms with Gasteiger partial charge in [-0.3, -0.25) is 4.79 Å². The Morgan fingerprint density at radius 1 is 1.12 bits per heavy atom. The zero-order valence-electron chi connectivity index (χ0n) is 15.2. The van der Waals surface area contributed by atoms with Crippen LogP contribution in [-0.4, -0.2) is 69.7 Å². The Morgan fingerprint density at radius 3 is 2.28 bits per heavy atom. The number of nitrogens with zero attached hydrogens (tertiary/aromatic N) is 2. The van der Waals surface area contributed by atoms with Gasteiger partial charge in [0.1, 0.15) is 11.5 Å². The molecule has 0 aliphatic carbocycles. The fraction of sp³-hybridized carbons (Fsp3) is 0.588. The lowest BCUT2D eigenvalue weighted by molar-refractivity contribution is 0.0694. The van der Waals surface area contributed by atoms with Gasteiger partial charge in [0.05, 0.1) is 25.5 Å². The molecule has 1 aromatic rings. The van der Waals surface area contributed by atoms with Gasteiger partial charge in [-0.05, 0) is 25.5 Å². The number of amides is 1. The van der Waals surface area contributed by atoms with E-state index in [2.05, 4.69) is 0 Å². The summed E-state index contributed by atoms with van der Waals surface area (Å²) >= 11 is 0. The van der Waals surface area contributed by atoms with Gasteiger partial charge in [-0.2, -0.15) is 4.31 Å². The number of sulfonamides is 1. The predicted molar refractivity (Wildman–Crippen MR) is 95.8 cm³/mol. The van der Waals surface area contributed by atoms with Gasteiger partial charge >= 0.3 is 0 Å². The lowest BCUT2D eigenvalue weighted by Gasteiger charge is -2.34. The van der Waals surface area contributed by atoms with E-state index >= 15 is 0 Å². The lowest BCUT2D eigenvalue weighted by Crippen LogP contribution is -2.51. The minimum absolute atomic E-state index is 0.145. The van der Waals surface area contributed by atoms with Crippen LogP contribution in [0.3, 0.4) is 0 Å². The largest absolute Gasteiger partial charge is 0.496 e. The summed E-state index contributed by atoms with van der Waals surface area (Å²) in [5.74, 6) is 1.14. The Balaban J connectivity index is 2.15. The van der Waals surface area contributed by atoms with Crippen LogP contribution in [0, 0.1) is 6.92 Å². The Bertz CT molecular complexity index is 725. The summed E-state index contributed by atoms with van der Waals surface area (Å²) in [5, 5.41) is 0. The molecule has 1 aliphatic rings. The summed E-state index contributed by atoms with van der Waals surface area (Å²) in [6.45, 7) is 5.07. The number of carbonyl (C=O) groups is 1. The van der Waals surface area contributed by atoms with E-state index in [1.165, 1.54) is 11.4 Å². The Hall–Kier alpha value is -1.80. The van der Waals surface area contributed by atoms with Gasteiger partial charge < -0.3 is 14.4 Å². The van der Waals surface area contributed by atoms with Gasteiger partial charge in [0.25, 0.3) is 5.91 Å². The first-order chi connectivity index (χ1) is 11.9. The highest BCUT2D eigenvalue weighted by Gasteiger charge is 2.30. The van der Waals surface area contributed by atoms with E-state index in [1.807, 2.05) is 13.8 Å². The zero-order chi connectivity index (χ0) is 18.6. The highest BCUT2D eigenvalue weighted by Crippen LogP contribution is 2.32. The fourth-order valence-electron chi connectivity index (χ4n) is 3.05. The van der Waals surface area contributed by atoms with Crippen molar-refractivity contribution < 1.29 is 22.7 Å². The molecule has 2 rings (SSSR count). The fourth-order valence-corrected chi connectivity index (χ4v) is 4.55. The topological polar surface area (TPSA) is 76.2 Å². The molecule has 0 radical (unpaired) electrons. The van der Waals surface area contributed by atoms with Gasteiger partial charge in [-0.15, -0.1) is 0 Å². The molecule has 0 saturated carbocycles. The van der Waals surface area contributed by atoms with Gasteiger partial charge in [0.15, 0.2) is 0 Å². The third-order valence-corrected chi connectivity index (χ3v) is 6.47. The molecule has 8 heteroatoms. The second kappa shape index (κ2) is 8.05. The molecule has 1 aromatic carbocycles. The van der Waals surface area contributed by atoms with E-state index in [0.29, 0.717) is 49.7 Å². The number of benzene rings is 1. The molecule has 1 aliphatic heterocycles. The maximum atomic E-state index is 12.9. The van der Waals surface area contributed by atoms with Crippen molar-refractivity contribution in [3.63, 3.8) is 0 Å². The van der Waals surface area contributed by atoms with Crippen molar-refractivity contribution in [3.8, 4) is 11.5 Å². The summed E-state index contributed by atoms with van der Waals surface area (Å²) in [6, 6.07) is 3.43. The van der Waals surface area contributed by atoms with E-state index in [4.69, 9.17) is 9.47 Å². The number of ether oxygens (including phenoxy) is 2. The van der Waals surface area contributed by atoms with E-state index in [0.717, 1.165) is 5.56 Å². The number of rotatable bonds is 6. The number of carbonyl (C=O) groups excluding carboxylic acids is 1. The highest BCUT2D eigenvalue weighted by atomic mass is 32.2. The van der Waals surface area contributed by atoms with Gasteiger partial charge in [-0.1, -0.05) is 6.92 Å². The lowest BCUT2D eigenvalue weighted by atomic mass is 10.1. The third kappa shape index (κ3) is 4.07. The van der Waals surface area contributed by atoms with Gasteiger partial charge in [0, 0.05) is 31.7 Å². The summed E-state index contributed by atoms with van der Waals surface area (Å²) in [7, 11) is -0.131. The molecule has 1 fully saturated rings. The molecule has 1 saturated heterocycles. The standard InChI is InChI=1S/C17H26N2O5S/c1-5-12-25(21,22)19-10-8-18(9-11-19)17(20)14-6-7-15(23-3)13(2)16(14)24-4/h6-7H,5,8-12H2,1-4H3. The molecule has 1 heterocycles. The zero-order valence-corrected chi connectivity index (χ0v) is 16.1. The maximum Gasteiger partial charge on any atom is 0.257 e. The summed E-state index contributed by atoms with van der Waals surface area (Å²) in [4.78, 5) is 14.5. The first-order valence-corrected chi connectivity index (χ1v) is 9.95. The quantitative estimate of drug-likeness (QED) is 0.759. The predicted octanol–water partition coefficient (Wildman–Crippen LogP) is 1.51. The van der Waals surface area contributed by atoms with E-state index in [-0.39, 0.29) is 11.7 Å². The molecular formula is C17H26N2O5S. The van der Waals surface area contributed by atoms with Crippen LogP contribution in [0.4, 0.5) is 0 Å². The van der Waals surface area contributed by atoms with Gasteiger partial charge in [0.2, 0.25) is 10.0 Å². The average molecular weight is 370 g/mol. The molecule has 0 N–H and O–H groups in total. The van der Waals surface area contributed by atoms with Crippen LogP contribution < -0.4 is 9.47 Å². The van der Waals surface area contributed by atoms with Crippen LogP contribution >= 0.6 is 0 Å². The van der Waals surface area contributed by atoms with Crippen LogP contribution in [0.2, 0.25) is 0 Å². The van der Waals surface area contributed by atoms with Crippen molar-refractivity contribution in [2.45, 2.75) is 20.3 Å². The first-order valence-electron chi connectivity index (χ1n) is 8.34. The number of hydrogen-bond acceptors (Lipinski definition) is 5. The molecule has 0 aromatic heterocycles. The molecule has 1 amide bonds. The van der Waals surface area contributed by atoms with Crippen molar-refractivity contribution in [3.05, 3.63) is 23.3 Å². The minimum atomic E-state index is -3.22. The van der Waals surface area contributed by atoms with Crippen molar-refractivity contribution in [1.29, 1.82) is 0 Å². The van der Waals surface area contributed by atoms with E-state index in [1.54, 1.807) is 24.1 Å². The highest BCUT2D eigenvalue weighted by molar-refractivity contribution is 7.89. The summed E-state index contributed by atoms with van der Waals surface area (Å²) in [5.41, 5.74) is 1.23. The van der Waals surface area contributed by atoms with Crippen LogP contribution in [0.5, 0.6) is 11.5 Å². The number of hydrogen-bond donors (Lipinski definition) is 0. The average Bonchev–Trinajstić information content (AvgIpc) is 2.61. The van der Waals surface area contributed by atoms with Crippen LogP contribution in [-0.2, 0) is 10.0 Å². The van der Waals surface area contributed by atoms with Crippen LogP contribution in [0.25, 0.3) is 0 Å². The van der Waals surface area contributed by atoms with Crippen molar-refractivity contribution in [2.75, 3.05) is 46.2 Å². The normalized spacial score (nSPS) is 15.9. The van der Waals surface area contributed by atoms with Crippen molar-refractivity contribution in [1.82, 2.24) is 9.21 Å². The Morgan fingerprint density at radius 2 is 1.76 bits per heavy atom. The van der Waals surface area contributed by atoms with Crippen molar-refractivity contribution in [2.24, 2.45) is 0 Å². The van der Waals surface area contributed by atoms with Crippen LogP contribution in [0.15, 0.2) is 12.1 Å². The molecule has 0 bridgehead atoms. The first kappa shape index (κ1) is 19.5. The summed E-state index contributed by atoms with van der Waals surface area (Å²) in [6.07, 6.45) is 0.587. The number of methoxy groups -OCH3 is 2. The third-order valence-electron chi connectivity index (χ3n) is 4.39. The molecule has 25 heavy (non-hydrogen) atoms. The van der Waals surface area contributed by atoms with Crippen molar-refractivity contribution >= 4 is 15.9 Å². The molecule has 0 unspecified atom stereocenters. The van der Waals surface area contributed by atoms with E-state index < -0.39 is 10.0 Å². The second-order valence-electron chi connectivity index (χ2n) is 5.98. The maximum absolute atomic E-state index is 12.9. The molecular weight excluding hydrogens is 344 g/mol. The van der Waals surface area contributed by atoms with Crippen LogP contribution in [0.1, 0.15) is 29.3 Å². The smallest absolute Gasteiger partial charge is 0.257 e. The molecule has 0 atom stereocenters. The Labute approximate surface area is 149 Å². The van der Waals surface area contributed by atoms with Gasteiger partial charge in [-0.25, -0.2) is 8.42 Å². The van der Waals surface area contributed by atoms with E-state index in [9.17, 15) is 13.2 Å². The molecule has 7 nitrogen and oxygen atoms in total. The number of piperazine rings is 1. The molecule has 140 valence electrons. The minimum Gasteiger partial charge on any atom is -0.496 e.